The number of rotatable bonds is 8. The Kier molecular flexibility index (Phi) is 5.92. The number of hydrogen-bond acceptors (Lipinski definition) is 8. The fraction of sp³-hybridized carbons (Fsp3) is 1.00. The molecule has 0 heterocycles. The molecule has 2 N–H and O–H groups in total. The number of sulfone groups is 1. The van der Waals surface area contributed by atoms with Gasteiger partial charge in [-0.3, -0.25) is 9.11 Å². The highest BCUT2D eigenvalue weighted by atomic mass is 32.3. The molecule has 0 aliphatic rings. The van der Waals surface area contributed by atoms with Gasteiger partial charge < -0.3 is 0 Å². The van der Waals surface area contributed by atoms with Crippen molar-refractivity contribution in [3.05, 3.63) is 0 Å². The highest BCUT2D eigenvalue weighted by Crippen LogP contribution is 1.96. The predicted molar refractivity (Wildman–Crippen MR) is 53.7 cm³/mol. The average Bonchev–Trinajstić information content (AvgIpc) is 1.96. The molecule has 104 valence electrons. The van der Waals surface area contributed by atoms with Crippen LogP contribution in [0.5, 0.6) is 0 Å². The maximum atomic E-state index is 11.1. The molecule has 13 heteroatoms. The van der Waals surface area contributed by atoms with Crippen LogP contribution in [-0.2, 0) is 39.0 Å². The van der Waals surface area contributed by atoms with E-state index in [9.17, 15) is 25.3 Å². The summed E-state index contributed by atoms with van der Waals surface area (Å²) < 4.78 is 86.2. The third-order valence-corrected chi connectivity index (χ3v) is 3.76. The molecule has 0 atom stereocenters. The first kappa shape index (κ1) is 16.7. The zero-order chi connectivity index (χ0) is 13.7. The lowest BCUT2D eigenvalue weighted by molar-refractivity contribution is 0.281. The van der Waals surface area contributed by atoms with Crippen LogP contribution < -0.4 is 0 Å². The maximum Gasteiger partial charge on any atom is 0.397 e. The van der Waals surface area contributed by atoms with Gasteiger partial charge >= 0.3 is 20.8 Å². The topological polar surface area (TPSA) is 161 Å². The molecule has 0 spiro atoms. The van der Waals surface area contributed by atoms with Gasteiger partial charge in [-0.25, -0.2) is 16.8 Å². The van der Waals surface area contributed by atoms with E-state index in [0.717, 1.165) is 0 Å². The van der Waals surface area contributed by atoms with Crippen LogP contribution in [0.25, 0.3) is 0 Å². The zero-order valence-corrected chi connectivity index (χ0v) is 10.7. The smallest absolute Gasteiger partial charge is 0.264 e. The van der Waals surface area contributed by atoms with Crippen molar-refractivity contribution in [2.45, 2.75) is 0 Å². The summed E-state index contributed by atoms with van der Waals surface area (Å²) in [6, 6.07) is 0. The summed E-state index contributed by atoms with van der Waals surface area (Å²) in [5, 5.41) is 0. The molecule has 0 aliphatic carbocycles. The Morgan fingerprint density at radius 1 is 0.706 bits per heavy atom. The Morgan fingerprint density at radius 3 is 1.24 bits per heavy atom. The first-order valence-electron chi connectivity index (χ1n) is 3.85. The van der Waals surface area contributed by atoms with Crippen LogP contribution in [0.2, 0.25) is 0 Å². The van der Waals surface area contributed by atoms with E-state index in [1.807, 2.05) is 0 Å². The normalized spacial score (nSPS) is 13.8. The molecule has 0 radical (unpaired) electrons. The molecule has 0 saturated heterocycles. The average molecular weight is 314 g/mol. The van der Waals surface area contributed by atoms with Crippen molar-refractivity contribution in [2.24, 2.45) is 0 Å². The summed E-state index contributed by atoms with van der Waals surface area (Å²) in [4.78, 5) is 0. The molecule has 0 aliphatic heterocycles. The van der Waals surface area contributed by atoms with Crippen LogP contribution >= 0.6 is 0 Å². The highest BCUT2D eigenvalue weighted by Gasteiger charge is 2.15. The molecule has 0 aromatic heterocycles. The molecular formula is C4H10O10S3. The van der Waals surface area contributed by atoms with Gasteiger partial charge in [-0.2, -0.15) is 16.8 Å². The lowest BCUT2D eigenvalue weighted by Gasteiger charge is -2.03. The van der Waals surface area contributed by atoms with Crippen molar-refractivity contribution in [1.29, 1.82) is 0 Å². The van der Waals surface area contributed by atoms with E-state index in [-0.39, 0.29) is 0 Å². The highest BCUT2D eigenvalue weighted by molar-refractivity contribution is 7.91. The van der Waals surface area contributed by atoms with Crippen LogP contribution in [0.4, 0.5) is 0 Å². The van der Waals surface area contributed by atoms with Crippen molar-refractivity contribution in [1.82, 2.24) is 0 Å². The standard InChI is InChI=1S/C4H10O10S3/c5-15(6,3-1-13-16(7,8)9)4-2-14-17(10,11)12/h1-4H2,(H,7,8,9)(H,10,11,12). The fourth-order valence-electron chi connectivity index (χ4n) is 0.635. The Hall–Kier alpha value is -0.310. The van der Waals surface area contributed by atoms with Crippen LogP contribution in [0.1, 0.15) is 0 Å². The molecule has 0 fully saturated rings. The van der Waals surface area contributed by atoms with Gasteiger partial charge in [-0.1, -0.05) is 0 Å². The Balaban J connectivity index is 4.06. The minimum atomic E-state index is -4.72. The third-order valence-electron chi connectivity index (χ3n) is 1.25. The monoisotopic (exact) mass is 314 g/mol. The van der Waals surface area contributed by atoms with E-state index in [4.69, 9.17) is 9.11 Å². The summed E-state index contributed by atoms with van der Waals surface area (Å²) in [5.74, 6) is -1.52. The van der Waals surface area contributed by atoms with Crippen molar-refractivity contribution in [2.75, 3.05) is 24.7 Å². The second kappa shape index (κ2) is 6.03. The summed E-state index contributed by atoms with van der Waals surface area (Å²) in [6.45, 7) is -1.62. The van der Waals surface area contributed by atoms with Gasteiger partial charge in [-0.15, -0.1) is 0 Å². The largest absolute Gasteiger partial charge is 0.397 e. The maximum absolute atomic E-state index is 11.1. The van der Waals surface area contributed by atoms with Gasteiger partial charge in [0.05, 0.1) is 24.7 Å². The van der Waals surface area contributed by atoms with E-state index in [2.05, 4.69) is 8.37 Å². The lowest BCUT2D eigenvalue weighted by atomic mass is 10.9. The molecule has 0 bridgehead atoms. The van der Waals surface area contributed by atoms with Gasteiger partial charge in [0.1, 0.15) is 0 Å². The molecule has 0 saturated carbocycles. The molecule has 0 unspecified atom stereocenters. The van der Waals surface area contributed by atoms with Crippen molar-refractivity contribution in [3.8, 4) is 0 Å². The minimum absolute atomic E-state index is 0.762. The van der Waals surface area contributed by atoms with E-state index in [0.29, 0.717) is 0 Å². The van der Waals surface area contributed by atoms with Crippen LogP contribution in [0, 0.1) is 0 Å². The Labute approximate surface area is 98.4 Å². The SMILES string of the molecule is O=S(=O)(CCOS(=O)(=O)O)CCOS(=O)(=O)O. The molecule has 17 heavy (non-hydrogen) atoms. The van der Waals surface area contributed by atoms with E-state index < -0.39 is 55.4 Å². The van der Waals surface area contributed by atoms with Gasteiger partial charge in [-0.05, 0) is 0 Å². The summed E-state index contributed by atoms with van der Waals surface area (Å²) in [5.41, 5.74) is 0. The Morgan fingerprint density at radius 2 is 1.00 bits per heavy atom. The third kappa shape index (κ3) is 11.9. The van der Waals surface area contributed by atoms with Gasteiger partial charge in [0, 0.05) is 0 Å². The van der Waals surface area contributed by atoms with Crippen molar-refractivity contribution < 1.29 is 42.7 Å². The quantitative estimate of drug-likeness (QED) is 0.481. The summed E-state index contributed by atoms with van der Waals surface area (Å²) >= 11 is 0. The lowest BCUT2D eigenvalue weighted by Crippen LogP contribution is -2.21. The molecule has 0 rings (SSSR count). The van der Waals surface area contributed by atoms with E-state index in [1.54, 1.807) is 0 Å². The van der Waals surface area contributed by atoms with Crippen molar-refractivity contribution >= 4 is 30.6 Å². The second-order valence-electron chi connectivity index (χ2n) is 2.65. The van der Waals surface area contributed by atoms with Gasteiger partial charge in [0.25, 0.3) is 0 Å². The first-order chi connectivity index (χ1) is 7.41. The van der Waals surface area contributed by atoms with Crippen molar-refractivity contribution in [3.63, 3.8) is 0 Å². The van der Waals surface area contributed by atoms with E-state index >= 15 is 0 Å². The molecule has 0 aromatic carbocycles. The second-order valence-corrected chi connectivity index (χ2v) is 7.14. The predicted octanol–water partition coefficient (Wildman–Crippen LogP) is -1.96. The molecule has 10 nitrogen and oxygen atoms in total. The van der Waals surface area contributed by atoms with Gasteiger partial charge in [0.2, 0.25) is 0 Å². The van der Waals surface area contributed by atoms with E-state index in [1.165, 1.54) is 0 Å². The zero-order valence-electron chi connectivity index (χ0n) is 8.21. The van der Waals surface area contributed by atoms with Crippen LogP contribution in [-0.4, -0.2) is 59.1 Å². The van der Waals surface area contributed by atoms with Crippen LogP contribution in [0.15, 0.2) is 0 Å². The summed E-state index contributed by atoms with van der Waals surface area (Å²) in [6.07, 6.45) is 0. The summed E-state index contributed by atoms with van der Waals surface area (Å²) in [7, 11) is -13.3. The minimum Gasteiger partial charge on any atom is -0.264 e. The van der Waals surface area contributed by atoms with Gasteiger partial charge in [0.15, 0.2) is 9.84 Å². The Bertz CT molecular complexity index is 480. The van der Waals surface area contributed by atoms with Crippen LogP contribution in [0.3, 0.4) is 0 Å². The first-order valence-corrected chi connectivity index (χ1v) is 8.40. The fourth-order valence-corrected chi connectivity index (χ4v) is 2.31. The molecule has 0 amide bonds. The number of hydrogen-bond donors (Lipinski definition) is 2. The molecule has 0 aromatic rings. The molecular weight excluding hydrogens is 304 g/mol.